The first kappa shape index (κ1) is 8.05. The van der Waals surface area contributed by atoms with Gasteiger partial charge in [0.1, 0.15) is 0 Å². The molecular formula is C9H16N2O. The lowest BCUT2D eigenvalue weighted by molar-refractivity contribution is -0.132. The summed E-state index contributed by atoms with van der Waals surface area (Å²) in [5.74, 6) is 0.957. The third-order valence-corrected chi connectivity index (χ3v) is 3.16. The van der Waals surface area contributed by atoms with Crippen LogP contribution in [0.15, 0.2) is 0 Å². The molecule has 1 aliphatic heterocycles. The van der Waals surface area contributed by atoms with Gasteiger partial charge in [0.15, 0.2) is 0 Å². The van der Waals surface area contributed by atoms with Gasteiger partial charge in [0.2, 0.25) is 5.91 Å². The fourth-order valence-corrected chi connectivity index (χ4v) is 2.19. The summed E-state index contributed by atoms with van der Waals surface area (Å²) in [6, 6.07) is 0.594. The van der Waals surface area contributed by atoms with Crippen molar-refractivity contribution in [3.05, 3.63) is 0 Å². The van der Waals surface area contributed by atoms with Crippen molar-refractivity contribution in [2.24, 2.45) is 11.7 Å². The van der Waals surface area contributed by atoms with Gasteiger partial charge < -0.3 is 10.6 Å². The molecule has 3 atom stereocenters. The Labute approximate surface area is 72.9 Å². The number of hydrogen-bond donors (Lipinski definition) is 1. The van der Waals surface area contributed by atoms with Crippen LogP contribution >= 0.6 is 0 Å². The number of carbonyl (C=O) groups is 1. The van der Waals surface area contributed by atoms with E-state index in [0.29, 0.717) is 18.4 Å². The van der Waals surface area contributed by atoms with E-state index < -0.39 is 0 Å². The molecule has 1 amide bonds. The van der Waals surface area contributed by atoms with Crippen LogP contribution in [0, 0.1) is 5.92 Å². The largest absolute Gasteiger partial charge is 0.338 e. The summed E-state index contributed by atoms with van der Waals surface area (Å²) in [7, 11) is 0. The lowest BCUT2D eigenvalue weighted by atomic mass is 9.80. The number of nitrogens with zero attached hydrogens (tertiary/aromatic N) is 1. The Morgan fingerprint density at radius 1 is 1.50 bits per heavy atom. The van der Waals surface area contributed by atoms with Crippen LogP contribution in [0.25, 0.3) is 0 Å². The van der Waals surface area contributed by atoms with E-state index in [1.165, 1.54) is 12.8 Å². The van der Waals surface area contributed by atoms with Crippen molar-refractivity contribution in [3.63, 3.8) is 0 Å². The molecule has 0 bridgehead atoms. The predicted molar refractivity (Wildman–Crippen MR) is 46.5 cm³/mol. The van der Waals surface area contributed by atoms with Crippen LogP contribution in [0.4, 0.5) is 0 Å². The summed E-state index contributed by atoms with van der Waals surface area (Å²) in [4.78, 5) is 13.4. The van der Waals surface area contributed by atoms with Gasteiger partial charge in [-0.1, -0.05) is 6.92 Å². The normalized spacial score (nSPS) is 41.7. The van der Waals surface area contributed by atoms with Crippen molar-refractivity contribution in [3.8, 4) is 0 Å². The molecule has 1 saturated heterocycles. The molecule has 3 heteroatoms. The van der Waals surface area contributed by atoms with Crippen LogP contribution in [-0.2, 0) is 4.79 Å². The molecule has 2 N–H and O–H groups in total. The molecule has 2 aliphatic rings. The molecule has 0 aromatic carbocycles. The molecule has 0 spiro atoms. The molecule has 0 aromatic heterocycles. The quantitative estimate of drug-likeness (QED) is 0.614. The molecule has 3 nitrogen and oxygen atoms in total. The SMILES string of the molecule is CC1CCC1N1CC(N)CC1=O. The summed E-state index contributed by atoms with van der Waals surface area (Å²) in [5.41, 5.74) is 5.72. The average molecular weight is 168 g/mol. The smallest absolute Gasteiger partial charge is 0.224 e. The van der Waals surface area contributed by atoms with Crippen LogP contribution < -0.4 is 5.73 Å². The summed E-state index contributed by atoms with van der Waals surface area (Å²) in [5, 5.41) is 0. The van der Waals surface area contributed by atoms with Gasteiger partial charge in [0.05, 0.1) is 0 Å². The maximum Gasteiger partial charge on any atom is 0.224 e. The van der Waals surface area contributed by atoms with E-state index in [0.717, 1.165) is 6.54 Å². The minimum Gasteiger partial charge on any atom is -0.338 e. The zero-order valence-corrected chi connectivity index (χ0v) is 7.49. The maximum absolute atomic E-state index is 11.4. The Balaban J connectivity index is 2.00. The molecule has 2 rings (SSSR count). The lowest BCUT2D eigenvalue weighted by Gasteiger charge is -2.40. The van der Waals surface area contributed by atoms with Crippen LogP contribution in [-0.4, -0.2) is 29.4 Å². The van der Waals surface area contributed by atoms with E-state index >= 15 is 0 Å². The van der Waals surface area contributed by atoms with Crippen LogP contribution in [0.3, 0.4) is 0 Å². The average Bonchev–Trinajstić information content (AvgIpc) is 2.28. The highest BCUT2D eigenvalue weighted by Crippen LogP contribution is 2.33. The van der Waals surface area contributed by atoms with Gasteiger partial charge in [-0.15, -0.1) is 0 Å². The van der Waals surface area contributed by atoms with Crippen molar-refractivity contribution in [2.75, 3.05) is 6.54 Å². The zero-order chi connectivity index (χ0) is 8.72. The second-order valence-corrected chi connectivity index (χ2v) is 4.13. The lowest BCUT2D eigenvalue weighted by Crippen LogP contribution is -2.47. The molecule has 1 heterocycles. The highest BCUT2D eigenvalue weighted by atomic mass is 16.2. The molecule has 1 aliphatic carbocycles. The van der Waals surface area contributed by atoms with Crippen molar-refractivity contribution in [2.45, 2.75) is 38.3 Å². The molecule has 3 unspecified atom stereocenters. The molecule has 0 radical (unpaired) electrons. The van der Waals surface area contributed by atoms with Crippen molar-refractivity contribution >= 4 is 5.91 Å². The molecule has 2 fully saturated rings. The highest BCUT2D eigenvalue weighted by Gasteiger charge is 2.39. The zero-order valence-electron chi connectivity index (χ0n) is 7.49. The fourth-order valence-electron chi connectivity index (χ4n) is 2.19. The van der Waals surface area contributed by atoms with E-state index in [4.69, 9.17) is 5.73 Å². The number of likely N-dealkylation sites (tertiary alicyclic amines) is 1. The highest BCUT2D eigenvalue weighted by molar-refractivity contribution is 5.79. The number of hydrogen-bond acceptors (Lipinski definition) is 2. The van der Waals surface area contributed by atoms with E-state index in [-0.39, 0.29) is 11.9 Å². The van der Waals surface area contributed by atoms with E-state index in [1.54, 1.807) is 0 Å². The number of rotatable bonds is 1. The monoisotopic (exact) mass is 168 g/mol. The standard InChI is InChI=1S/C9H16N2O/c1-6-2-3-8(6)11-5-7(10)4-9(11)12/h6-8H,2-5,10H2,1H3. The number of carbonyl (C=O) groups excluding carboxylic acids is 1. The minimum absolute atomic E-state index is 0.0882. The molecule has 0 aromatic rings. The second kappa shape index (κ2) is 2.73. The van der Waals surface area contributed by atoms with Gasteiger partial charge in [-0.05, 0) is 18.8 Å². The Morgan fingerprint density at radius 2 is 2.25 bits per heavy atom. The summed E-state index contributed by atoms with van der Waals surface area (Å²) in [6.45, 7) is 3.00. The van der Waals surface area contributed by atoms with E-state index in [2.05, 4.69) is 6.92 Å². The summed E-state index contributed by atoms with van der Waals surface area (Å²) in [6.07, 6.45) is 3.01. The van der Waals surface area contributed by atoms with Gasteiger partial charge in [-0.25, -0.2) is 0 Å². The van der Waals surface area contributed by atoms with Crippen molar-refractivity contribution in [1.82, 2.24) is 4.90 Å². The topological polar surface area (TPSA) is 46.3 Å². The summed E-state index contributed by atoms with van der Waals surface area (Å²) < 4.78 is 0. The molecular weight excluding hydrogens is 152 g/mol. The van der Waals surface area contributed by atoms with Gasteiger partial charge in [0, 0.05) is 25.0 Å². The third kappa shape index (κ3) is 1.12. The van der Waals surface area contributed by atoms with E-state index in [1.807, 2.05) is 4.90 Å². The van der Waals surface area contributed by atoms with Crippen molar-refractivity contribution < 1.29 is 4.79 Å². The van der Waals surface area contributed by atoms with Gasteiger partial charge in [0.25, 0.3) is 0 Å². The first-order valence-electron chi connectivity index (χ1n) is 4.73. The summed E-state index contributed by atoms with van der Waals surface area (Å²) >= 11 is 0. The number of nitrogens with two attached hydrogens (primary N) is 1. The Hall–Kier alpha value is -0.570. The number of amides is 1. The van der Waals surface area contributed by atoms with Crippen molar-refractivity contribution in [1.29, 1.82) is 0 Å². The van der Waals surface area contributed by atoms with Gasteiger partial charge >= 0.3 is 0 Å². The first-order chi connectivity index (χ1) is 5.68. The second-order valence-electron chi connectivity index (χ2n) is 4.13. The predicted octanol–water partition coefficient (Wildman–Crippen LogP) is 0.344. The van der Waals surface area contributed by atoms with Crippen LogP contribution in [0.2, 0.25) is 0 Å². The van der Waals surface area contributed by atoms with Gasteiger partial charge in [-0.3, -0.25) is 4.79 Å². The Bertz CT molecular complexity index is 205. The molecule has 68 valence electrons. The van der Waals surface area contributed by atoms with Crippen LogP contribution in [0.1, 0.15) is 26.2 Å². The maximum atomic E-state index is 11.4. The molecule has 1 saturated carbocycles. The van der Waals surface area contributed by atoms with Crippen LogP contribution in [0.5, 0.6) is 0 Å². The fraction of sp³-hybridized carbons (Fsp3) is 0.889. The van der Waals surface area contributed by atoms with Gasteiger partial charge in [-0.2, -0.15) is 0 Å². The Kier molecular flexibility index (Phi) is 1.83. The van der Waals surface area contributed by atoms with E-state index in [9.17, 15) is 4.79 Å². The Morgan fingerprint density at radius 3 is 2.58 bits per heavy atom. The first-order valence-corrected chi connectivity index (χ1v) is 4.73. The molecule has 12 heavy (non-hydrogen) atoms. The minimum atomic E-state index is 0.0882. The third-order valence-electron chi connectivity index (χ3n) is 3.16.